The summed E-state index contributed by atoms with van der Waals surface area (Å²) in [5.74, 6) is -1.24. The quantitative estimate of drug-likeness (QED) is 0.465. The summed E-state index contributed by atoms with van der Waals surface area (Å²) < 4.78 is 25.0. The highest BCUT2D eigenvalue weighted by molar-refractivity contribution is 6.07. The van der Waals surface area contributed by atoms with E-state index in [9.17, 15) is 28.4 Å². The number of alkyl carbamates (subject to hydrolysis) is 1. The number of halogens is 1. The molecule has 1 unspecified atom stereocenters. The van der Waals surface area contributed by atoms with Gasteiger partial charge >= 0.3 is 12.2 Å². The van der Waals surface area contributed by atoms with E-state index in [1.807, 2.05) is 0 Å². The highest BCUT2D eigenvalue weighted by atomic mass is 19.1. The van der Waals surface area contributed by atoms with Gasteiger partial charge in [0.15, 0.2) is 0 Å². The van der Waals surface area contributed by atoms with Crippen LogP contribution in [0.1, 0.15) is 81.5 Å². The Kier molecular flexibility index (Phi) is 7.32. The van der Waals surface area contributed by atoms with Gasteiger partial charge in [-0.15, -0.1) is 0 Å². The van der Waals surface area contributed by atoms with E-state index in [-0.39, 0.29) is 30.1 Å². The number of aryl methyl sites for hydroxylation is 2. The van der Waals surface area contributed by atoms with Crippen LogP contribution in [-0.4, -0.2) is 63.4 Å². The van der Waals surface area contributed by atoms with Crippen LogP contribution in [0.25, 0.3) is 0 Å². The molecule has 248 valence electrons. The Morgan fingerprint density at radius 3 is 2.45 bits per heavy atom. The number of hydrogen-bond donors (Lipinski definition) is 2. The number of hydrogen-bond acceptors (Lipinski definition) is 7. The van der Waals surface area contributed by atoms with Gasteiger partial charge in [0.2, 0.25) is 17.4 Å². The molecular formula is C35H39FN4O7. The third-order valence-electron chi connectivity index (χ3n) is 9.94. The van der Waals surface area contributed by atoms with E-state index in [0.717, 1.165) is 34.4 Å². The fourth-order valence-corrected chi connectivity index (χ4v) is 7.23. The van der Waals surface area contributed by atoms with Gasteiger partial charge in [-0.05, 0) is 113 Å². The highest BCUT2D eigenvalue weighted by Gasteiger charge is 2.59. The number of benzene rings is 2. The first-order chi connectivity index (χ1) is 22.3. The molecule has 5 aliphatic rings. The maximum atomic E-state index is 14.0. The molecule has 2 aromatic rings. The van der Waals surface area contributed by atoms with Crippen LogP contribution in [0.2, 0.25) is 0 Å². The number of imide groups is 1. The van der Waals surface area contributed by atoms with Crippen molar-refractivity contribution in [2.75, 3.05) is 11.9 Å². The number of carbonyl (C=O) groups excluding carboxylic acids is 5. The molecule has 2 aliphatic heterocycles. The van der Waals surface area contributed by atoms with Crippen LogP contribution in [0.5, 0.6) is 0 Å². The van der Waals surface area contributed by atoms with Crippen molar-refractivity contribution >= 4 is 35.6 Å². The first-order valence-electron chi connectivity index (χ1n) is 16.3. The van der Waals surface area contributed by atoms with Gasteiger partial charge in [-0.3, -0.25) is 14.4 Å². The number of carbonyl (C=O) groups is 5. The second kappa shape index (κ2) is 11.1. The van der Waals surface area contributed by atoms with Crippen LogP contribution in [0.3, 0.4) is 0 Å². The summed E-state index contributed by atoms with van der Waals surface area (Å²) in [4.78, 5) is 69.0. The lowest BCUT2D eigenvalue weighted by molar-refractivity contribution is -0.143. The average molecular weight is 647 g/mol. The van der Waals surface area contributed by atoms with E-state index in [1.54, 1.807) is 49.9 Å². The van der Waals surface area contributed by atoms with Crippen molar-refractivity contribution in [2.45, 2.75) is 101 Å². The molecule has 12 heteroatoms. The van der Waals surface area contributed by atoms with Crippen LogP contribution in [0.15, 0.2) is 36.4 Å². The van der Waals surface area contributed by atoms with E-state index in [1.165, 1.54) is 12.1 Å². The highest BCUT2D eigenvalue weighted by Crippen LogP contribution is 2.47. The van der Waals surface area contributed by atoms with E-state index >= 15 is 0 Å². The summed E-state index contributed by atoms with van der Waals surface area (Å²) in [5, 5.41) is 5.55. The van der Waals surface area contributed by atoms with Crippen molar-refractivity contribution in [3.63, 3.8) is 0 Å². The first kappa shape index (κ1) is 31.1. The Balaban J connectivity index is 1.04. The number of rotatable bonds is 6. The minimum Gasteiger partial charge on any atom is -0.444 e. The van der Waals surface area contributed by atoms with Crippen LogP contribution < -0.4 is 10.6 Å². The number of anilines is 1. The fraction of sp³-hybridized carbons (Fsp3) is 0.514. The second-order valence-electron chi connectivity index (χ2n) is 14.5. The minimum atomic E-state index is -1.54. The van der Waals surface area contributed by atoms with Gasteiger partial charge < -0.3 is 25.0 Å². The third-order valence-corrected chi connectivity index (χ3v) is 9.94. The maximum Gasteiger partial charge on any atom is 0.418 e. The Morgan fingerprint density at radius 1 is 0.979 bits per heavy atom. The molecule has 2 heterocycles. The SMILES string of the molecule is CC(C)(C)OC(=O)NC1(C(=O)Nc2ccc3c(c2)CC[C@@]32OC(=O)N(CC(=O)N3Cc4ccc(F)cc4CCC3C3CC3)C2=O)CC1. The molecule has 0 aromatic heterocycles. The summed E-state index contributed by atoms with van der Waals surface area (Å²) in [6.45, 7) is 5.10. The van der Waals surface area contributed by atoms with Crippen molar-refractivity contribution in [2.24, 2.45) is 5.92 Å². The zero-order valence-corrected chi connectivity index (χ0v) is 26.8. The molecule has 2 atom stereocenters. The lowest BCUT2D eigenvalue weighted by atomic mass is 9.94. The maximum absolute atomic E-state index is 14.0. The minimum absolute atomic E-state index is 0.0457. The van der Waals surface area contributed by atoms with Gasteiger partial charge in [-0.25, -0.2) is 18.9 Å². The van der Waals surface area contributed by atoms with Crippen LogP contribution >= 0.6 is 0 Å². The number of nitrogens with zero attached hydrogens (tertiary/aromatic N) is 2. The van der Waals surface area contributed by atoms with Crippen molar-refractivity contribution in [3.8, 4) is 0 Å². The van der Waals surface area contributed by atoms with Gasteiger partial charge in [0.1, 0.15) is 23.5 Å². The molecule has 3 fully saturated rings. The molecular weight excluding hydrogens is 607 g/mol. The summed E-state index contributed by atoms with van der Waals surface area (Å²) in [6.07, 6.45) is 3.44. The molecule has 5 amide bonds. The Hall–Kier alpha value is -4.48. The molecule has 1 spiro atoms. The standard InChI is InChI=1S/C35H39FN4O7/c1-33(2,3)46-31(44)38-34(14-15-34)29(42)37-25-9-10-26-22(17-25)12-13-35(26)30(43)40(32(45)47-35)19-28(41)39-18-23-6-8-24(36)16-21(23)7-11-27(39)20-4-5-20/h6,8-10,16-17,20,27H,4-5,7,11-15,18-19H2,1-3H3,(H,37,42)(H,38,44)/t27?,35-/m1/s1. The monoisotopic (exact) mass is 646 g/mol. The molecule has 2 N–H and O–H groups in total. The smallest absolute Gasteiger partial charge is 0.418 e. The van der Waals surface area contributed by atoms with Gasteiger partial charge in [-0.1, -0.05) is 12.1 Å². The van der Waals surface area contributed by atoms with Gasteiger partial charge in [-0.2, -0.15) is 0 Å². The Morgan fingerprint density at radius 2 is 1.74 bits per heavy atom. The lowest BCUT2D eigenvalue weighted by Gasteiger charge is -2.31. The second-order valence-corrected chi connectivity index (χ2v) is 14.5. The predicted octanol–water partition coefficient (Wildman–Crippen LogP) is 4.70. The van der Waals surface area contributed by atoms with Crippen molar-refractivity contribution in [1.82, 2.24) is 15.1 Å². The number of ether oxygens (including phenoxy) is 2. The van der Waals surface area contributed by atoms with Gasteiger partial charge in [0.05, 0.1) is 0 Å². The molecule has 2 aromatic carbocycles. The normalized spacial score (nSPS) is 24.3. The third kappa shape index (κ3) is 5.82. The van der Waals surface area contributed by atoms with Crippen molar-refractivity contribution < 1.29 is 37.8 Å². The Bertz CT molecular complexity index is 1690. The summed E-state index contributed by atoms with van der Waals surface area (Å²) in [6, 6.07) is 9.64. The summed E-state index contributed by atoms with van der Waals surface area (Å²) >= 11 is 0. The van der Waals surface area contributed by atoms with Crippen LogP contribution in [-0.2, 0) is 48.8 Å². The van der Waals surface area contributed by atoms with Crippen LogP contribution in [0, 0.1) is 11.7 Å². The number of nitrogens with one attached hydrogen (secondary N) is 2. The van der Waals surface area contributed by atoms with E-state index in [0.29, 0.717) is 55.8 Å². The zero-order chi connectivity index (χ0) is 33.3. The molecule has 47 heavy (non-hydrogen) atoms. The van der Waals surface area contributed by atoms with Crippen molar-refractivity contribution in [3.05, 3.63) is 64.5 Å². The molecule has 7 rings (SSSR count). The molecule has 2 saturated carbocycles. The summed E-state index contributed by atoms with van der Waals surface area (Å²) in [5.41, 5.74) is 0.226. The molecule has 0 radical (unpaired) electrons. The number of amides is 5. The molecule has 11 nitrogen and oxygen atoms in total. The van der Waals surface area contributed by atoms with Crippen molar-refractivity contribution in [1.29, 1.82) is 0 Å². The van der Waals surface area contributed by atoms with Gasteiger partial charge in [0, 0.05) is 30.3 Å². The predicted molar refractivity (Wildman–Crippen MR) is 166 cm³/mol. The lowest BCUT2D eigenvalue weighted by Crippen LogP contribution is -2.48. The molecule has 1 saturated heterocycles. The first-order valence-corrected chi connectivity index (χ1v) is 16.3. The van der Waals surface area contributed by atoms with Gasteiger partial charge in [0.25, 0.3) is 5.91 Å². The fourth-order valence-electron chi connectivity index (χ4n) is 7.23. The zero-order valence-electron chi connectivity index (χ0n) is 26.8. The van der Waals surface area contributed by atoms with E-state index in [2.05, 4.69) is 10.6 Å². The van der Waals surface area contributed by atoms with E-state index < -0.39 is 41.4 Å². The topological polar surface area (TPSA) is 134 Å². The summed E-state index contributed by atoms with van der Waals surface area (Å²) in [7, 11) is 0. The van der Waals surface area contributed by atoms with Crippen LogP contribution in [0.4, 0.5) is 19.7 Å². The largest absolute Gasteiger partial charge is 0.444 e. The molecule has 0 bridgehead atoms. The number of fused-ring (bicyclic) bond motifs is 3. The average Bonchev–Trinajstić information content (AvgIpc) is 3.92. The molecule has 3 aliphatic carbocycles. The Labute approximate surface area is 272 Å². The van der Waals surface area contributed by atoms with E-state index in [4.69, 9.17) is 9.47 Å².